The van der Waals surface area contributed by atoms with Gasteiger partial charge in [0.25, 0.3) is 0 Å². The molecule has 7 nitrogen and oxygen atoms in total. The topological polar surface area (TPSA) is 92.9 Å². The van der Waals surface area contributed by atoms with Crippen LogP contribution in [0.25, 0.3) is 0 Å². The summed E-state index contributed by atoms with van der Waals surface area (Å²) in [4.78, 5) is 18.5. The highest BCUT2D eigenvalue weighted by atomic mass is 16.4. The van der Waals surface area contributed by atoms with Crippen LogP contribution in [-0.4, -0.2) is 30.8 Å². The normalized spacial score (nSPS) is 10.6. The van der Waals surface area contributed by atoms with Gasteiger partial charge in [-0.2, -0.15) is 5.10 Å². The van der Waals surface area contributed by atoms with Gasteiger partial charge < -0.3 is 10.4 Å². The lowest BCUT2D eigenvalue weighted by Gasteiger charge is -2.04. The van der Waals surface area contributed by atoms with Crippen molar-refractivity contribution in [3.05, 3.63) is 30.2 Å². The average Bonchev–Trinajstić information content (AvgIpc) is 2.78. The van der Waals surface area contributed by atoms with Crippen LogP contribution in [0.15, 0.2) is 24.5 Å². The van der Waals surface area contributed by atoms with E-state index in [0.717, 1.165) is 0 Å². The van der Waals surface area contributed by atoms with Gasteiger partial charge in [0.05, 0.1) is 0 Å². The fourth-order valence-electron chi connectivity index (χ4n) is 1.34. The predicted molar refractivity (Wildman–Crippen MR) is 64.9 cm³/mol. The van der Waals surface area contributed by atoms with Crippen LogP contribution in [0.5, 0.6) is 0 Å². The molecule has 2 aromatic rings. The standard InChI is InChI=1S/C11H13N5O2/c1-7(2)16-6-4-9(15-16)14-11-12-5-3-8(13-11)10(17)18/h3-7H,1-2H3,(H,17,18)(H,12,13,14,15). The molecule has 2 rings (SSSR count). The van der Waals surface area contributed by atoms with E-state index in [2.05, 4.69) is 20.4 Å². The Balaban J connectivity index is 2.17. The highest BCUT2D eigenvalue weighted by Gasteiger charge is 2.08. The van der Waals surface area contributed by atoms with Crippen LogP contribution in [0.2, 0.25) is 0 Å². The Morgan fingerprint density at radius 1 is 1.44 bits per heavy atom. The van der Waals surface area contributed by atoms with E-state index in [-0.39, 0.29) is 17.7 Å². The first-order valence-corrected chi connectivity index (χ1v) is 5.45. The molecule has 2 aromatic heterocycles. The molecule has 0 bridgehead atoms. The fourth-order valence-corrected chi connectivity index (χ4v) is 1.34. The predicted octanol–water partition coefficient (Wildman–Crippen LogP) is 1.70. The van der Waals surface area contributed by atoms with Crippen molar-refractivity contribution in [2.75, 3.05) is 5.32 Å². The number of carboxylic acid groups (broad SMARTS) is 1. The van der Waals surface area contributed by atoms with E-state index >= 15 is 0 Å². The van der Waals surface area contributed by atoms with Gasteiger partial charge in [-0.1, -0.05) is 0 Å². The minimum Gasteiger partial charge on any atom is -0.477 e. The van der Waals surface area contributed by atoms with E-state index in [4.69, 9.17) is 5.11 Å². The van der Waals surface area contributed by atoms with E-state index in [0.29, 0.717) is 5.82 Å². The van der Waals surface area contributed by atoms with Crippen molar-refractivity contribution in [1.29, 1.82) is 0 Å². The SMILES string of the molecule is CC(C)n1ccc(Nc2nccc(C(=O)O)n2)n1. The van der Waals surface area contributed by atoms with Crippen molar-refractivity contribution < 1.29 is 9.90 Å². The van der Waals surface area contributed by atoms with Gasteiger partial charge in [0.2, 0.25) is 5.95 Å². The van der Waals surface area contributed by atoms with E-state index in [9.17, 15) is 4.79 Å². The monoisotopic (exact) mass is 247 g/mol. The molecule has 0 amide bonds. The summed E-state index contributed by atoms with van der Waals surface area (Å²) in [6.07, 6.45) is 3.21. The molecule has 0 aliphatic heterocycles. The molecule has 94 valence electrons. The number of hydrogen-bond donors (Lipinski definition) is 2. The number of hydrogen-bond acceptors (Lipinski definition) is 5. The first-order chi connectivity index (χ1) is 8.56. The summed E-state index contributed by atoms with van der Waals surface area (Å²) < 4.78 is 1.78. The van der Waals surface area contributed by atoms with Gasteiger partial charge in [0, 0.05) is 24.5 Å². The van der Waals surface area contributed by atoms with Gasteiger partial charge in [-0.3, -0.25) is 4.68 Å². The lowest BCUT2D eigenvalue weighted by molar-refractivity contribution is 0.0690. The summed E-state index contributed by atoms with van der Waals surface area (Å²) in [6.45, 7) is 4.02. The van der Waals surface area contributed by atoms with Gasteiger partial charge in [-0.25, -0.2) is 14.8 Å². The van der Waals surface area contributed by atoms with E-state index < -0.39 is 5.97 Å². The maximum atomic E-state index is 10.8. The Morgan fingerprint density at radius 3 is 2.83 bits per heavy atom. The molecular formula is C11H13N5O2. The molecule has 7 heteroatoms. The Morgan fingerprint density at radius 2 is 2.22 bits per heavy atom. The van der Waals surface area contributed by atoms with Crippen LogP contribution >= 0.6 is 0 Å². The Hall–Kier alpha value is -2.44. The van der Waals surface area contributed by atoms with Crippen molar-refractivity contribution >= 4 is 17.7 Å². The van der Waals surface area contributed by atoms with Gasteiger partial charge in [0.15, 0.2) is 11.5 Å². The maximum absolute atomic E-state index is 10.8. The van der Waals surface area contributed by atoms with Crippen LogP contribution in [-0.2, 0) is 0 Å². The van der Waals surface area contributed by atoms with Crippen LogP contribution in [0.1, 0.15) is 30.4 Å². The molecule has 0 unspecified atom stereocenters. The number of anilines is 2. The highest BCUT2D eigenvalue weighted by molar-refractivity contribution is 5.85. The quantitative estimate of drug-likeness (QED) is 0.854. The van der Waals surface area contributed by atoms with Crippen molar-refractivity contribution in [2.45, 2.75) is 19.9 Å². The Labute approximate surface area is 104 Å². The smallest absolute Gasteiger partial charge is 0.354 e. The van der Waals surface area contributed by atoms with Gasteiger partial charge in [-0.05, 0) is 19.9 Å². The third-order valence-corrected chi connectivity index (χ3v) is 2.25. The number of rotatable bonds is 4. The lowest BCUT2D eigenvalue weighted by Crippen LogP contribution is -2.06. The number of carboxylic acids is 1. The zero-order valence-corrected chi connectivity index (χ0v) is 10.0. The summed E-state index contributed by atoms with van der Waals surface area (Å²) in [7, 11) is 0. The molecule has 0 saturated heterocycles. The van der Waals surface area contributed by atoms with Crippen molar-refractivity contribution in [3.63, 3.8) is 0 Å². The molecule has 0 spiro atoms. The average molecular weight is 247 g/mol. The number of aromatic nitrogens is 4. The number of aromatic carboxylic acids is 1. The second kappa shape index (κ2) is 4.82. The first-order valence-electron chi connectivity index (χ1n) is 5.45. The van der Waals surface area contributed by atoms with Crippen molar-refractivity contribution in [1.82, 2.24) is 19.7 Å². The molecule has 18 heavy (non-hydrogen) atoms. The lowest BCUT2D eigenvalue weighted by atomic mass is 10.4. The highest BCUT2D eigenvalue weighted by Crippen LogP contribution is 2.12. The molecule has 0 aromatic carbocycles. The summed E-state index contributed by atoms with van der Waals surface area (Å²) in [5.41, 5.74) is -0.0595. The van der Waals surface area contributed by atoms with Crippen LogP contribution in [0, 0.1) is 0 Å². The molecule has 0 aliphatic carbocycles. The van der Waals surface area contributed by atoms with Crippen LogP contribution < -0.4 is 5.32 Å². The van der Waals surface area contributed by atoms with Crippen LogP contribution in [0.4, 0.5) is 11.8 Å². The molecule has 2 heterocycles. The molecule has 0 aliphatic rings. The maximum Gasteiger partial charge on any atom is 0.354 e. The van der Waals surface area contributed by atoms with E-state index in [1.807, 2.05) is 20.0 Å². The molecular weight excluding hydrogens is 234 g/mol. The largest absolute Gasteiger partial charge is 0.477 e. The summed E-state index contributed by atoms with van der Waals surface area (Å²) in [6, 6.07) is 3.36. The number of nitrogens with zero attached hydrogens (tertiary/aromatic N) is 4. The van der Waals surface area contributed by atoms with Crippen molar-refractivity contribution in [3.8, 4) is 0 Å². The minimum absolute atomic E-state index is 0.0595. The summed E-state index contributed by atoms with van der Waals surface area (Å²) >= 11 is 0. The minimum atomic E-state index is -1.09. The second-order valence-electron chi connectivity index (χ2n) is 3.97. The summed E-state index contributed by atoms with van der Waals surface area (Å²) in [5, 5.41) is 15.9. The molecule has 0 fully saturated rings. The number of nitrogens with one attached hydrogen (secondary N) is 1. The van der Waals surface area contributed by atoms with Gasteiger partial charge in [-0.15, -0.1) is 0 Å². The van der Waals surface area contributed by atoms with Crippen LogP contribution in [0.3, 0.4) is 0 Å². The summed E-state index contributed by atoms with van der Waals surface area (Å²) in [5.74, 6) is -0.302. The fraction of sp³-hybridized carbons (Fsp3) is 0.273. The molecule has 0 atom stereocenters. The zero-order chi connectivity index (χ0) is 13.1. The molecule has 2 N–H and O–H groups in total. The van der Waals surface area contributed by atoms with E-state index in [1.165, 1.54) is 12.3 Å². The second-order valence-corrected chi connectivity index (χ2v) is 3.97. The van der Waals surface area contributed by atoms with E-state index in [1.54, 1.807) is 10.7 Å². The van der Waals surface area contributed by atoms with Gasteiger partial charge >= 0.3 is 5.97 Å². The molecule has 0 saturated carbocycles. The third kappa shape index (κ3) is 2.62. The Kier molecular flexibility index (Phi) is 3.22. The Bertz CT molecular complexity index is 564. The number of carbonyl (C=O) groups is 1. The molecule has 0 radical (unpaired) electrons. The first kappa shape index (κ1) is 12.0. The zero-order valence-electron chi connectivity index (χ0n) is 10.0. The van der Waals surface area contributed by atoms with Crippen molar-refractivity contribution in [2.24, 2.45) is 0 Å². The third-order valence-electron chi connectivity index (χ3n) is 2.25. The van der Waals surface area contributed by atoms with Gasteiger partial charge in [0.1, 0.15) is 0 Å².